The van der Waals surface area contributed by atoms with Crippen LogP contribution in [0.1, 0.15) is 31.7 Å². The summed E-state index contributed by atoms with van der Waals surface area (Å²) in [4.78, 5) is 12.7. The summed E-state index contributed by atoms with van der Waals surface area (Å²) < 4.78 is 37.8. The van der Waals surface area contributed by atoms with Crippen LogP contribution in [0.15, 0.2) is 53.4 Å². The highest BCUT2D eigenvalue weighted by atomic mass is 32.2. The Bertz CT molecular complexity index is 971. The largest absolute Gasteiger partial charge is 0.493 e. The van der Waals surface area contributed by atoms with E-state index in [0.29, 0.717) is 61.8 Å². The lowest BCUT2D eigenvalue weighted by Crippen LogP contribution is -2.46. The zero-order valence-corrected chi connectivity index (χ0v) is 18.9. The number of nitrogens with one attached hydrogen (secondary N) is 1. The van der Waals surface area contributed by atoms with E-state index in [1.165, 1.54) is 4.31 Å². The summed E-state index contributed by atoms with van der Waals surface area (Å²) in [5, 5.41) is 3.04. The number of nitrogens with zero attached hydrogens (tertiary/aromatic N) is 1. The highest BCUT2D eigenvalue weighted by Gasteiger charge is 2.29. The van der Waals surface area contributed by atoms with E-state index in [2.05, 4.69) is 5.32 Å². The Morgan fingerprint density at radius 3 is 2.45 bits per heavy atom. The molecule has 0 radical (unpaired) electrons. The van der Waals surface area contributed by atoms with Gasteiger partial charge in [-0.2, -0.15) is 4.31 Å². The molecule has 1 aliphatic heterocycles. The fraction of sp³-hybridized carbons (Fsp3) is 0.435. The van der Waals surface area contributed by atoms with Crippen LogP contribution in [-0.4, -0.2) is 51.5 Å². The van der Waals surface area contributed by atoms with Gasteiger partial charge < -0.3 is 14.8 Å². The second-order valence-electron chi connectivity index (χ2n) is 7.48. The molecule has 8 heteroatoms. The normalized spacial score (nSPS) is 15.4. The maximum Gasteiger partial charge on any atom is 0.243 e. The van der Waals surface area contributed by atoms with Gasteiger partial charge in [0.2, 0.25) is 15.9 Å². The van der Waals surface area contributed by atoms with Gasteiger partial charge in [-0.1, -0.05) is 24.3 Å². The molecular weight excluding hydrogens is 416 g/mol. The van der Waals surface area contributed by atoms with Gasteiger partial charge in [0, 0.05) is 25.6 Å². The van der Waals surface area contributed by atoms with E-state index in [9.17, 15) is 13.2 Å². The van der Waals surface area contributed by atoms with E-state index < -0.39 is 10.0 Å². The van der Waals surface area contributed by atoms with Crippen molar-refractivity contribution >= 4 is 15.9 Å². The van der Waals surface area contributed by atoms with Gasteiger partial charge in [0.25, 0.3) is 0 Å². The Hall–Kier alpha value is -2.58. The Balaban J connectivity index is 1.47. The van der Waals surface area contributed by atoms with Gasteiger partial charge in [-0.05, 0) is 56.0 Å². The number of rotatable bonds is 9. The molecule has 7 nitrogen and oxygen atoms in total. The third-order valence-electron chi connectivity index (χ3n) is 5.37. The molecule has 0 unspecified atom stereocenters. The minimum Gasteiger partial charge on any atom is -0.493 e. The number of carbonyl (C=O) groups excluding carboxylic acids is 1. The molecule has 0 aromatic heterocycles. The standard InChI is InChI=1S/C23H30N2O5S/c1-3-30-21-11-9-18(17-22(21)29-2)10-12-23(26)24-19-13-15-25(16-14-19)31(27,28)20-7-5-4-6-8-20/h4-9,11,17,19H,3,10,12-16H2,1-2H3,(H,24,26). The van der Waals surface area contributed by atoms with Crippen LogP contribution in [0.5, 0.6) is 11.5 Å². The lowest BCUT2D eigenvalue weighted by atomic mass is 10.1. The smallest absolute Gasteiger partial charge is 0.243 e. The molecule has 1 fully saturated rings. The van der Waals surface area contributed by atoms with Crippen molar-refractivity contribution in [1.29, 1.82) is 0 Å². The number of sulfonamides is 1. The van der Waals surface area contributed by atoms with Gasteiger partial charge in [-0.25, -0.2) is 8.42 Å². The van der Waals surface area contributed by atoms with Crippen molar-refractivity contribution in [2.75, 3.05) is 26.8 Å². The van der Waals surface area contributed by atoms with Crippen LogP contribution in [0.3, 0.4) is 0 Å². The van der Waals surface area contributed by atoms with Crippen LogP contribution in [0.25, 0.3) is 0 Å². The van der Waals surface area contributed by atoms with E-state index in [1.54, 1.807) is 37.4 Å². The Labute approximate surface area is 184 Å². The zero-order valence-electron chi connectivity index (χ0n) is 18.0. The average Bonchev–Trinajstić information content (AvgIpc) is 2.79. The Morgan fingerprint density at radius 2 is 1.81 bits per heavy atom. The van der Waals surface area contributed by atoms with E-state index in [0.717, 1.165) is 5.56 Å². The van der Waals surface area contributed by atoms with Crippen molar-refractivity contribution in [1.82, 2.24) is 9.62 Å². The molecule has 2 aromatic rings. The predicted molar refractivity (Wildman–Crippen MR) is 119 cm³/mol. The first-order valence-electron chi connectivity index (χ1n) is 10.6. The number of hydrogen-bond acceptors (Lipinski definition) is 5. The fourth-order valence-corrected chi connectivity index (χ4v) is 5.17. The summed E-state index contributed by atoms with van der Waals surface area (Å²) in [5.74, 6) is 1.32. The van der Waals surface area contributed by atoms with E-state index in [1.807, 2.05) is 25.1 Å². The highest BCUT2D eigenvalue weighted by Crippen LogP contribution is 2.28. The highest BCUT2D eigenvalue weighted by molar-refractivity contribution is 7.89. The predicted octanol–water partition coefficient (Wildman–Crippen LogP) is 3.00. The summed E-state index contributed by atoms with van der Waals surface area (Å²) in [7, 11) is -1.88. The number of benzene rings is 2. The van der Waals surface area contributed by atoms with Crippen LogP contribution in [0, 0.1) is 0 Å². The monoisotopic (exact) mass is 446 g/mol. The van der Waals surface area contributed by atoms with Gasteiger partial charge in [-0.3, -0.25) is 4.79 Å². The summed E-state index contributed by atoms with van der Waals surface area (Å²) in [6.45, 7) is 3.28. The van der Waals surface area contributed by atoms with Crippen molar-refractivity contribution in [3.63, 3.8) is 0 Å². The first-order valence-corrected chi connectivity index (χ1v) is 12.0. The Morgan fingerprint density at radius 1 is 1.10 bits per heavy atom. The molecule has 0 aliphatic carbocycles. The zero-order chi connectivity index (χ0) is 22.3. The average molecular weight is 447 g/mol. The molecular formula is C23H30N2O5S. The number of aryl methyl sites for hydroxylation is 1. The molecule has 31 heavy (non-hydrogen) atoms. The molecule has 2 aromatic carbocycles. The maximum atomic E-state index is 12.7. The van der Waals surface area contributed by atoms with Gasteiger partial charge >= 0.3 is 0 Å². The molecule has 0 spiro atoms. The number of amides is 1. The lowest BCUT2D eigenvalue weighted by Gasteiger charge is -2.31. The molecule has 0 atom stereocenters. The van der Waals surface area contributed by atoms with Crippen molar-refractivity contribution < 1.29 is 22.7 Å². The van der Waals surface area contributed by atoms with Gasteiger partial charge in [-0.15, -0.1) is 0 Å². The van der Waals surface area contributed by atoms with E-state index in [-0.39, 0.29) is 11.9 Å². The molecule has 0 bridgehead atoms. The molecule has 0 saturated carbocycles. The molecule has 1 amide bonds. The van der Waals surface area contributed by atoms with Gasteiger partial charge in [0.15, 0.2) is 11.5 Å². The van der Waals surface area contributed by atoms with Crippen LogP contribution >= 0.6 is 0 Å². The topological polar surface area (TPSA) is 84.9 Å². The van der Waals surface area contributed by atoms with Crippen LogP contribution in [-0.2, 0) is 21.2 Å². The first-order chi connectivity index (χ1) is 14.9. The van der Waals surface area contributed by atoms with Gasteiger partial charge in [0.05, 0.1) is 18.6 Å². The maximum absolute atomic E-state index is 12.7. The van der Waals surface area contributed by atoms with Crippen molar-refractivity contribution in [2.24, 2.45) is 0 Å². The van der Waals surface area contributed by atoms with Crippen molar-refractivity contribution in [3.05, 3.63) is 54.1 Å². The molecule has 1 N–H and O–H groups in total. The quantitative estimate of drug-likeness (QED) is 0.640. The molecule has 1 saturated heterocycles. The minimum atomic E-state index is -3.48. The molecule has 3 rings (SSSR count). The fourth-order valence-electron chi connectivity index (χ4n) is 3.68. The number of carbonyl (C=O) groups is 1. The first kappa shape index (κ1) is 23.1. The van der Waals surface area contributed by atoms with Crippen molar-refractivity contribution in [3.8, 4) is 11.5 Å². The van der Waals surface area contributed by atoms with Crippen LogP contribution in [0.4, 0.5) is 0 Å². The number of hydrogen-bond donors (Lipinski definition) is 1. The minimum absolute atomic E-state index is 0.00964. The third-order valence-corrected chi connectivity index (χ3v) is 7.28. The summed E-state index contributed by atoms with van der Waals surface area (Å²) in [6.07, 6.45) is 2.17. The Kier molecular flexibility index (Phi) is 7.92. The van der Waals surface area contributed by atoms with E-state index in [4.69, 9.17) is 9.47 Å². The molecule has 1 heterocycles. The molecule has 168 valence electrons. The van der Waals surface area contributed by atoms with Crippen molar-refractivity contribution in [2.45, 2.75) is 43.5 Å². The lowest BCUT2D eigenvalue weighted by molar-refractivity contribution is -0.122. The second kappa shape index (κ2) is 10.6. The second-order valence-corrected chi connectivity index (χ2v) is 9.42. The third kappa shape index (κ3) is 5.98. The molecule has 1 aliphatic rings. The SMILES string of the molecule is CCOc1ccc(CCC(=O)NC2CCN(S(=O)(=O)c3ccccc3)CC2)cc1OC. The van der Waals surface area contributed by atoms with Crippen LogP contribution < -0.4 is 14.8 Å². The van der Waals surface area contributed by atoms with Crippen LogP contribution in [0.2, 0.25) is 0 Å². The number of methoxy groups -OCH3 is 1. The summed E-state index contributed by atoms with van der Waals surface area (Å²) in [5.41, 5.74) is 0.999. The summed E-state index contributed by atoms with van der Waals surface area (Å²) in [6, 6.07) is 14.1. The summed E-state index contributed by atoms with van der Waals surface area (Å²) >= 11 is 0. The van der Waals surface area contributed by atoms with E-state index >= 15 is 0 Å². The number of ether oxygens (including phenoxy) is 2. The van der Waals surface area contributed by atoms with Gasteiger partial charge in [0.1, 0.15) is 0 Å². The number of piperidine rings is 1.